The maximum atomic E-state index is 10.9. The van der Waals surface area contributed by atoms with Crippen molar-refractivity contribution < 1.29 is 4.92 Å². The van der Waals surface area contributed by atoms with Gasteiger partial charge in [0.15, 0.2) is 0 Å². The summed E-state index contributed by atoms with van der Waals surface area (Å²) >= 11 is 0. The molecule has 2 aromatic carbocycles. The van der Waals surface area contributed by atoms with Gasteiger partial charge in [0.1, 0.15) is 0 Å². The van der Waals surface area contributed by atoms with Crippen molar-refractivity contribution in [3.63, 3.8) is 0 Å². The molecule has 3 rings (SSSR count). The van der Waals surface area contributed by atoms with Gasteiger partial charge in [-0.3, -0.25) is 15.1 Å². The zero-order chi connectivity index (χ0) is 18.2. The van der Waals surface area contributed by atoms with Crippen molar-refractivity contribution in [2.75, 3.05) is 11.9 Å². The van der Waals surface area contributed by atoms with Crippen LogP contribution in [0.4, 0.5) is 17.1 Å². The molecule has 0 saturated carbocycles. The molecule has 130 valence electrons. The molecule has 0 amide bonds. The molecular formula is C20H23N3O2. The van der Waals surface area contributed by atoms with E-state index in [0.29, 0.717) is 11.6 Å². The van der Waals surface area contributed by atoms with E-state index < -0.39 is 4.92 Å². The summed E-state index contributed by atoms with van der Waals surface area (Å²) in [4.78, 5) is 17.2. The lowest BCUT2D eigenvalue weighted by molar-refractivity contribution is -0.384. The number of nitro benzene ring substituents is 1. The average molecular weight is 337 g/mol. The summed E-state index contributed by atoms with van der Waals surface area (Å²) in [6.45, 7) is 6.79. The Kier molecular flexibility index (Phi) is 4.33. The molecule has 1 atom stereocenters. The minimum absolute atomic E-state index is 0.0533. The third kappa shape index (κ3) is 3.40. The first-order valence-corrected chi connectivity index (χ1v) is 8.44. The van der Waals surface area contributed by atoms with Gasteiger partial charge in [-0.1, -0.05) is 19.1 Å². The van der Waals surface area contributed by atoms with Crippen LogP contribution in [0.3, 0.4) is 0 Å². The number of anilines is 1. The summed E-state index contributed by atoms with van der Waals surface area (Å²) in [5.41, 5.74) is 4.37. The zero-order valence-electron chi connectivity index (χ0n) is 15.1. The van der Waals surface area contributed by atoms with E-state index in [-0.39, 0.29) is 11.2 Å². The number of nitrogens with zero attached hydrogens (tertiary/aromatic N) is 3. The second kappa shape index (κ2) is 6.31. The van der Waals surface area contributed by atoms with Gasteiger partial charge in [0, 0.05) is 36.6 Å². The van der Waals surface area contributed by atoms with Crippen LogP contribution in [0.25, 0.3) is 0 Å². The summed E-state index contributed by atoms with van der Waals surface area (Å²) in [5.74, 6) is 0.479. The molecule has 1 heterocycles. The summed E-state index contributed by atoms with van der Waals surface area (Å²) < 4.78 is 0. The number of benzene rings is 2. The van der Waals surface area contributed by atoms with Crippen molar-refractivity contribution in [2.24, 2.45) is 4.99 Å². The van der Waals surface area contributed by atoms with Crippen LogP contribution in [0.1, 0.15) is 44.2 Å². The van der Waals surface area contributed by atoms with E-state index in [0.717, 1.165) is 12.0 Å². The number of hydrogen-bond acceptors (Lipinski definition) is 4. The zero-order valence-corrected chi connectivity index (χ0v) is 15.1. The molecule has 0 N–H and O–H groups in total. The predicted molar refractivity (Wildman–Crippen MR) is 102 cm³/mol. The summed E-state index contributed by atoms with van der Waals surface area (Å²) in [6, 6.07) is 12.7. The monoisotopic (exact) mass is 337 g/mol. The van der Waals surface area contributed by atoms with Gasteiger partial charge in [0.2, 0.25) is 0 Å². The fourth-order valence-corrected chi connectivity index (χ4v) is 3.51. The van der Waals surface area contributed by atoms with Crippen molar-refractivity contribution >= 4 is 23.3 Å². The van der Waals surface area contributed by atoms with Crippen LogP contribution >= 0.6 is 0 Å². The number of nitro groups is 1. The second-order valence-electron chi connectivity index (χ2n) is 7.33. The minimum Gasteiger partial charge on any atom is -0.369 e. The molecule has 1 unspecified atom stereocenters. The van der Waals surface area contributed by atoms with E-state index in [4.69, 9.17) is 0 Å². The van der Waals surface area contributed by atoms with Crippen molar-refractivity contribution in [1.29, 1.82) is 0 Å². The Morgan fingerprint density at radius 3 is 2.76 bits per heavy atom. The number of hydrogen-bond donors (Lipinski definition) is 0. The maximum Gasteiger partial charge on any atom is 0.271 e. The Hall–Kier alpha value is -2.69. The number of rotatable bonds is 3. The van der Waals surface area contributed by atoms with Gasteiger partial charge in [-0.15, -0.1) is 0 Å². The molecule has 0 aromatic heterocycles. The van der Waals surface area contributed by atoms with Crippen LogP contribution < -0.4 is 4.90 Å². The Morgan fingerprint density at radius 1 is 1.28 bits per heavy atom. The van der Waals surface area contributed by atoms with Crippen molar-refractivity contribution in [3.8, 4) is 0 Å². The first-order chi connectivity index (χ1) is 11.8. The molecule has 1 aliphatic heterocycles. The van der Waals surface area contributed by atoms with E-state index in [1.165, 1.54) is 23.4 Å². The van der Waals surface area contributed by atoms with Crippen molar-refractivity contribution in [2.45, 2.75) is 38.6 Å². The van der Waals surface area contributed by atoms with E-state index in [1.807, 2.05) is 6.07 Å². The molecule has 5 nitrogen and oxygen atoms in total. The van der Waals surface area contributed by atoms with E-state index >= 15 is 0 Å². The number of fused-ring (bicyclic) bond motifs is 1. The molecule has 0 spiro atoms. The smallest absolute Gasteiger partial charge is 0.271 e. The van der Waals surface area contributed by atoms with Gasteiger partial charge in [-0.25, -0.2) is 0 Å². The van der Waals surface area contributed by atoms with E-state index in [2.05, 4.69) is 49.8 Å². The van der Waals surface area contributed by atoms with E-state index in [1.54, 1.807) is 18.3 Å². The molecular weight excluding hydrogens is 314 g/mol. The van der Waals surface area contributed by atoms with Crippen LogP contribution in [-0.2, 0) is 0 Å². The fraction of sp³-hybridized carbons (Fsp3) is 0.350. The largest absolute Gasteiger partial charge is 0.369 e. The van der Waals surface area contributed by atoms with Crippen molar-refractivity contribution in [1.82, 2.24) is 0 Å². The minimum atomic E-state index is -0.406. The van der Waals surface area contributed by atoms with Crippen LogP contribution in [0.2, 0.25) is 0 Å². The highest BCUT2D eigenvalue weighted by Gasteiger charge is 2.33. The lowest BCUT2D eigenvalue weighted by Crippen LogP contribution is -2.45. The highest BCUT2D eigenvalue weighted by Crippen LogP contribution is 2.42. The predicted octanol–water partition coefficient (Wildman–Crippen LogP) is 5.07. The summed E-state index contributed by atoms with van der Waals surface area (Å²) in [6.07, 6.45) is 2.87. The standard InChI is InChI=1S/C20H23N3O2/c1-14-12-20(2,3)22(4)19-9-8-15(10-18(14)19)13-21-16-6-5-7-17(11-16)23(24)25/h5-11,13-14H,12H2,1-4H3. The lowest BCUT2D eigenvalue weighted by Gasteiger charge is -2.45. The van der Waals surface area contributed by atoms with Crippen LogP contribution in [0, 0.1) is 10.1 Å². The lowest BCUT2D eigenvalue weighted by atomic mass is 9.80. The normalized spacial score (nSPS) is 19.0. The Labute approximate surface area is 148 Å². The van der Waals surface area contributed by atoms with Gasteiger partial charge >= 0.3 is 0 Å². The fourth-order valence-electron chi connectivity index (χ4n) is 3.51. The Bertz CT molecular complexity index is 843. The highest BCUT2D eigenvalue weighted by atomic mass is 16.6. The van der Waals surface area contributed by atoms with Gasteiger partial charge in [0.25, 0.3) is 5.69 Å². The summed E-state index contributed by atoms with van der Waals surface area (Å²) in [5, 5.41) is 10.9. The highest BCUT2D eigenvalue weighted by molar-refractivity contribution is 5.84. The topological polar surface area (TPSA) is 58.7 Å². The van der Waals surface area contributed by atoms with Crippen molar-refractivity contribution in [3.05, 3.63) is 63.7 Å². The molecule has 0 radical (unpaired) electrons. The van der Waals surface area contributed by atoms with Gasteiger partial charge in [-0.2, -0.15) is 0 Å². The molecule has 2 aromatic rings. The number of aliphatic imine (C=N–C) groups is 1. The quantitative estimate of drug-likeness (QED) is 0.446. The summed E-state index contributed by atoms with van der Waals surface area (Å²) in [7, 11) is 2.14. The average Bonchev–Trinajstić information content (AvgIpc) is 2.58. The molecule has 0 aliphatic carbocycles. The molecule has 5 heteroatoms. The van der Waals surface area contributed by atoms with Crippen LogP contribution in [0.5, 0.6) is 0 Å². The Balaban J connectivity index is 1.89. The van der Waals surface area contributed by atoms with Gasteiger partial charge in [-0.05, 0) is 55.5 Å². The second-order valence-corrected chi connectivity index (χ2v) is 7.33. The first-order valence-electron chi connectivity index (χ1n) is 8.44. The molecule has 0 saturated heterocycles. The molecule has 25 heavy (non-hydrogen) atoms. The number of non-ortho nitro benzene ring substituents is 1. The molecule has 1 aliphatic rings. The van der Waals surface area contributed by atoms with Gasteiger partial charge in [0.05, 0.1) is 10.6 Å². The van der Waals surface area contributed by atoms with Crippen LogP contribution in [0.15, 0.2) is 47.5 Å². The van der Waals surface area contributed by atoms with Crippen LogP contribution in [-0.4, -0.2) is 23.7 Å². The molecule has 0 fully saturated rings. The Morgan fingerprint density at radius 2 is 2.04 bits per heavy atom. The third-order valence-corrected chi connectivity index (χ3v) is 5.06. The first kappa shape index (κ1) is 17.1. The van der Waals surface area contributed by atoms with E-state index in [9.17, 15) is 10.1 Å². The SMILES string of the molecule is CC1CC(C)(C)N(C)c2ccc(C=Nc3cccc([N+](=O)[O-])c3)cc21. The maximum absolute atomic E-state index is 10.9. The van der Waals surface area contributed by atoms with Gasteiger partial charge < -0.3 is 4.90 Å². The third-order valence-electron chi connectivity index (χ3n) is 5.06. The molecule has 0 bridgehead atoms.